The highest BCUT2D eigenvalue weighted by Crippen LogP contribution is 2.44. The van der Waals surface area contributed by atoms with Gasteiger partial charge in [-0.25, -0.2) is 0 Å². The normalized spacial score (nSPS) is 47.8. The molecule has 0 bridgehead atoms. The Balaban J connectivity index is 2.07. The maximum atomic E-state index is 5.95. The number of nitrogens with two attached hydrogens (primary N) is 1. The molecule has 2 aliphatic carbocycles. The third-order valence-electron chi connectivity index (χ3n) is 2.42. The molecule has 0 radical (unpaired) electrons. The fourth-order valence-corrected chi connectivity index (χ4v) is 1.71. The molecular formula is C8H13N. The lowest BCUT2D eigenvalue weighted by atomic mass is 9.84. The highest BCUT2D eigenvalue weighted by atomic mass is 14.7. The van der Waals surface area contributed by atoms with E-state index in [0.29, 0.717) is 0 Å². The molecule has 1 fully saturated rings. The fourth-order valence-electron chi connectivity index (χ4n) is 1.71. The van der Waals surface area contributed by atoms with Crippen molar-refractivity contribution in [2.45, 2.75) is 31.7 Å². The summed E-state index contributed by atoms with van der Waals surface area (Å²) in [5, 5.41) is 0. The van der Waals surface area contributed by atoms with E-state index < -0.39 is 0 Å². The van der Waals surface area contributed by atoms with Crippen LogP contribution in [0.15, 0.2) is 11.6 Å². The van der Waals surface area contributed by atoms with Crippen molar-refractivity contribution in [3.05, 3.63) is 11.6 Å². The molecule has 0 amide bonds. The second-order valence-electron chi connectivity index (χ2n) is 3.72. The lowest BCUT2D eigenvalue weighted by Crippen LogP contribution is -2.38. The molecule has 0 aliphatic heterocycles. The quantitative estimate of drug-likeness (QED) is 0.485. The zero-order chi connectivity index (χ0) is 6.48. The van der Waals surface area contributed by atoms with Crippen molar-refractivity contribution < 1.29 is 0 Å². The number of rotatable bonds is 0. The van der Waals surface area contributed by atoms with E-state index >= 15 is 0 Å². The van der Waals surface area contributed by atoms with Gasteiger partial charge in [-0.15, -0.1) is 0 Å². The van der Waals surface area contributed by atoms with E-state index in [-0.39, 0.29) is 5.54 Å². The highest BCUT2D eigenvalue weighted by molar-refractivity contribution is 5.33. The van der Waals surface area contributed by atoms with Crippen LogP contribution in [-0.4, -0.2) is 5.54 Å². The van der Waals surface area contributed by atoms with E-state index in [0.717, 1.165) is 12.3 Å². The molecule has 1 unspecified atom stereocenters. The van der Waals surface area contributed by atoms with Gasteiger partial charge in [-0.05, 0) is 32.1 Å². The van der Waals surface area contributed by atoms with Crippen LogP contribution in [0.25, 0.3) is 0 Å². The van der Waals surface area contributed by atoms with Crippen molar-refractivity contribution in [1.29, 1.82) is 0 Å². The van der Waals surface area contributed by atoms with Crippen LogP contribution in [0.2, 0.25) is 0 Å². The first kappa shape index (κ1) is 5.48. The minimum atomic E-state index is 0.124. The van der Waals surface area contributed by atoms with Crippen molar-refractivity contribution >= 4 is 0 Å². The lowest BCUT2D eigenvalue weighted by molar-refractivity contribution is 0.373. The Morgan fingerprint density at radius 1 is 1.78 bits per heavy atom. The Hall–Kier alpha value is -0.300. The minimum Gasteiger partial charge on any atom is -0.325 e. The molecular weight excluding hydrogens is 110 g/mol. The van der Waals surface area contributed by atoms with Crippen LogP contribution >= 0.6 is 0 Å². The molecule has 2 aliphatic rings. The molecule has 0 aromatic heterocycles. The Labute approximate surface area is 55.9 Å². The molecule has 0 saturated heterocycles. The number of fused-ring (bicyclic) bond motifs is 1. The zero-order valence-electron chi connectivity index (χ0n) is 5.85. The topological polar surface area (TPSA) is 26.0 Å². The smallest absolute Gasteiger partial charge is 0.0163 e. The fraction of sp³-hybridized carbons (Fsp3) is 0.750. The van der Waals surface area contributed by atoms with Gasteiger partial charge < -0.3 is 5.73 Å². The Kier molecular flexibility index (Phi) is 0.854. The summed E-state index contributed by atoms with van der Waals surface area (Å²) in [7, 11) is 0. The third-order valence-corrected chi connectivity index (χ3v) is 2.42. The van der Waals surface area contributed by atoms with E-state index in [1.807, 2.05) is 0 Å². The summed E-state index contributed by atoms with van der Waals surface area (Å²) in [6.07, 6.45) is 6.02. The van der Waals surface area contributed by atoms with Gasteiger partial charge in [0, 0.05) is 5.54 Å². The van der Waals surface area contributed by atoms with Gasteiger partial charge in [0.1, 0.15) is 0 Å². The van der Waals surface area contributed by atoms with Gasteiger partial charge in [0.2, 0.25) is 0 Å². The molecule has 1 saturated carbocycles. The maximum absolute atomic E-state index is 5.95. The van der Waals surface area contributed by atoms with Crippen molar-refractivity contribution in [1.82, 2.24) is 0 Å². The van der Waals surface area contributed by atoms with Gasteiger partial charge in [-0.3, -0.25) is 0 Å². The number of allylic oxidation sites excluding steroid dienone is 1. The first-order valence-electron chi connectivity index (χ1n) is 3.67. The average molecular weight is 123 g/mol. The molecule has 0 heterocycles. The van der Waals surface area contributed by atoms with Crippen LogP contribution in [0, 0.1) is 5.92 Å². The Morgan fingerprint density at radius 3 is 3.11 bits per heavy atom. The summed E-state index contributed by atoms with van der Waals surface area (Å²) in [5.41, 5.74) is 7.69. The summed E-state index contributed by atoms with van der Waals surface area (Å²) < 4.78 is 0. The second kappa shape index (κ2) is 1.40. The van der Waals surface area contributed by atoms with Crippen molar-refractivity contribution in [2.24, 2.45) is 11.7 Å². The van der Waals surface area contributed by atoms with E-state index in [1.165, 1.54) is 12.8 Å². The third kappa shape index (κ3) is 0.897. The van der Waals surface area contributed by atoms with Gasteiger partial charge in [-0.2, -0.15) is 0 Å². The average Bonchev–Trinajstić information content (AvgIpc) is 2.41. The molecule has 9 heavy (non-hydrogen) atoms. The lowest BCUT2D eigenvalue weighted by Gasteiger charge is -2.27. The van der Waals surface area contributed by atoms with E-state index in [1.54, 1.807) is 5.57 Å². The molecule has 2 atom stereocenters. The molecule has 1 nitrogen and oxygen atoms in total. The van der Waals surface area contributed by atoms with Gasteiger partial charge in [0.05, 0.1) is 0 Å². The van der Waals surface area contributed by atoms with E-state index in [9.17, 15) is 0 Å². The summed E-state index contributed by atoms with van der Waals surface area (Å²) in [6, 6.07) is 0. The van der Waals surface area contributed by atoms with Crippen LogP contribution < -0.4 is 5.73 Å². The van der Waals surface area contributed by atoms with Crippen molar-refractivity contribution in [3.63, 3.8) is 0 Å². The molecule has 1 heteroatoms. The van der Waals surface area contributed by atoms with Crippen LogP contribution in [0.3, 0.4) is 0 Å². The number of hydrogen-bond acceptors (Lipinski definition) is 1. The zero-order valence-corrected chi connectivity index (χ0v) is 5.85. The molecule has 0 spiro atoms. The van der Waals surface area contributed by atoms with Crippen LogP contribution in [0.4, 0.5) is 0 Å². The van der Waals surface area contributed by atoms with Crippen LogP contribution in [0.1, 0.15) is 26.2 Å². The minimum absolute atomic E-state index is 0.124. The first-order valence-corrected chi connectivity index (χ1v) is 3.67. The summed E-state index contributed by atoms with van der Waals surface area (Å²) in [4.78, 5) is 0. The van der Waals surface area contributed by atoms with Crippen molar-refractivity contribution in [3.8, 4) is 0 Å². The molecule has 0 aromatic rings. The Bertz CT molecular complexity index is 167. The summed E-state index contributed by atoms with van der Waals surface area (Å²) >= 11 is 0. The molecule has 2 rings (SSSR count). The predicted octanol–water partition coefficient (Wildman–Crippen LogP) is 1.44. The highest BCUT2D eigenvalue weighted by Gasteiger charge is 2.36. The largest absolute Gasteiger partial charge is 0.325 e. The van der Waals surface area contributed by atoms with Crippen molar-refractivity contribution in [2.75, 3.05) is 0 Å². The Morgan fingerprint density at radius 2 is 2.56 bits per heavy atom. The predicted molar refractivity (Wildman–Crippen MR) is 38.0 cm³/mol. The molecule has 50 valence electrons. The van der Waals surface area contributed by atoms with Gasteiger partial charge in [0.25, 0.3) is 0 Å². The van der Waals surface area contributed by atoms with Gasteiger partial charge >= 0.3 is 0 Å². The van der Waals surface area contributed by atoms with E-state index in [2.05, 4.69) is 13.0 Å². The van der Waals surface area contributed by atoms with Crippen LogP contribution in [0.5, 0.6) is 0 Å². The molecule has 2 N–H and O–H groups in total. The standard InChI is InChI=1S/C8H13N/c1-8(9)3-2-6-4-7(6)5-8/h4,6H,2-3,5,9H2,1H3/t6-,8?/m0/s1. The molecule has 0 aromatic carbocycles. The SMILES string of the molecule is CC1(N)CC[C@H]2C=C2C1. The first-order chi connectivity index (χ1) is 4.17. The van der Waals surface area contributed by atoms with Crippen LogP contribution in [-0.2, 0) is 0 Å². The maximum Gasteiger partial charge on any atom is 0.0163 e. The monoisotopic (exact) mass is 123 g/mol. The van der Waals surface area contributed by atoms with Gasteiger partial charge in [-0.1, -0.05) is 11.6 Å². The summed E-state index contributed by atoms with van der Waals surface area (Å²) in [6.45, 7) is 2.16. The van der Waals surface area contributed by atoms with E-state index in [4.69, 9.17) is 5.73 Å². The van der Waals surface area contributed by atoms with Gasteiger partial charge in [0.15, 0.2) is 0 Å². The number of hydrogen-bond donors (Lipinski definition) is 1. The summed E-state index contributed by atoms with van der Waals surface area (Å²) in [5.74, 6) is 0.877. The second-order valence-corrected chi connectivity index (χ2v) is 3.72.